The highest BCUT2D eigenvalue weighted by Gasteiger charge is 2.36. The normalized spacial score (nSPS) is 19.0. The lowest BCUT2D eigenvalue weighted by molar-refractivity contribution is 0.111. The first kappa shape index (κ1) is 19.4. The number of ether oxygens (including phenoxy) is 2. The van der Waals surface area contributed by atoms with Gasteiger partial charge in [-0.2, -0.15) is 0 Å². The van der Waals surface area contributed by atoms with Gasteiger partial charge in [-0.25, -0.2) is 9.18 Å². The number of carbonyl (C=O) groups is 1. The molecule has 0 bridgehead atoms. The first-order valence-corrected chi connectivity index (χ1v) is 8.50. The number of methoxy groups -OCH3 is 1. The van der Waals surface area contributed by atoms with Crippen LogP contribution in [-0.4, -0.2) is 36.2 Å². The maximum Gasteiger partial charge on any atom is 0.315 e. The quantitative estimate of drug-likeness (QED) is 0.742. The van der Waals surface area contributed by atoms with E-state index in [1.807, 2.05) is 0 Å². The summed E-state index contributed by atoms with van der Waals surface area (Å²) in [6.07, 6.45) is 1.84. The van der Waals surface area contributed by atoms with E-state index >= 15 is 0 Å². The van der Waals surface area contributed by atoms with E-state index in [0.29, 0.717) is 18.7 Å². The van der Waals surface area contributed by atoms with Gasteiger partial charge in [-0.1, -0.05) is 40.9 Å². The van der Waals surface area contributed by atoms with Crippen LogP contribution >= 0.6 is 34.8 Å². The Balaban J connectivity index is 2.05. The molecule has 24 heavy (non-hydrogen) atoms. The van der Waals surface area contributed by atoms with Crippen molar-refractivity contribution in [3.05, 3.63) is 29.6 Å². The van der Waals surface area contributed by atoms with Crippen molar-refractivity contribution in [1.29, 1.82) is 0 Å². The number of amides is 2. The molecule has 2 atom stereocenters. The highest BCUT2D eigenvalue weighted by atomic mass is 35.6. The molecular formula is C15H18Cl3FN2O3. The van der Waals surface area contributed by atoms with Gasteiger partial charge in [0.2, 0.25) is 3.79 Å². The molecule has 1 heterocycles. The lowest BCUT2D eigenvalue weighted by Gasteiger charge is -2.26. The molecule has 1 fully saturated rings. The summed E-state index contributed by atoms with van der Waals surface area (Å²) in [5.74, 6) is -0.555. The summed E-state index contributed by atoms with van der Waals surface area (Å²) in [4.78, 5) is 12.1. The van der Waals surface area contributed by atoms with Crippen LogP contribution in [-0.2, 0) is 4.74 Å². The van der Waals surface area contributed by atoms with E-state index < -0.39 is 21.7 Å². The topological polar surface area (TPSA) is 59.6 Å². The lowest BCUT2D eigenvalue weighted by Crippen LogP contribution is -2.44. The summed E-state index contributed by atoms with van der Waals surface area (Å²) in [5.41, 5.74) is 0.306. The van der Waals surface area contributed by atoms with Gasteiger partial charge in [0.25, 0.3) is 0 Å². The van der Waals surface area contributed by atoms with Gasteiger partial charge >= 0.3 is 6.03 Å². The Kier molecular flexibility index (Phi) is 6.80. The minimum absolute atomic E-state index is 0.0135. The molecule has 1 aromatic rings. The summed E-state index contributed by atoms with van der Waals surface area (Å²) in [5, 5.41) is 5.22. The van der Waals surface area contributed by atoms with Crippen LogP contribution in [0.5, 0.6) is 5.75 Å². The van der Waals surface area contributed by atoms with Crippen LogP contribution in [0.2, 0.25) is 0 Å². The second-order valence-electron chi connectivity index (χ2n) is 5.36. The molecule has 1 aromatic carbocycles. The van der Waals surface area contributed by atoms with Gasteiger partial charge < -0.3 is 20.1 Å². The van der Waals surface area contributed by atoms with Crippen molar-refractivity contribution in [3.63, 3.8) is 0 Å². The van der Waals surface area contributed by atoms with Crippen molar-refractivity contribution in [1.82, 2.24) is 10.6 Å². The van der Waals surface area contributed by atoms with E-state index in [4.69, 9.17) is 44.3 Å². The summed E-state index contributed by atoms with van der Waals surface area (Å²) in [6.45, 7) is 1.05. The zero-order valence-electron chi connectivity index (χ0n) is 13.0. The van der Waals surface area contributed by atoms with Crippen LogP contribution in [0.3, 0.4) is 0 Å². The van der Waals surface area contributed by atoms with Crippen molar-refractivity contribution >= 4 is 40.8 Å². The number of alkyl halides is 3. The number of rotatable bonds is 5. The fourth-order valence-corrected chi connectivity index (χ4v) is 2.95. The van der Waals surface area contributed by atoms with E-state index in [2.05, 4.69) is 10.6 Å². The Bertz CT molecular complexity index is 578. The Labute approximate surface area is 154 Å². The highest BCUT2D eigenvalue weighted by Crippen LogP contribution is 2.40. The second kappa shape index (κ2) is 8.43. The van der Waals surface area contributed by atoms with Gasteiger partial charge in [0.1, 0.15) is 6.04 Å². The average Bonchev–Trinajstić information content (AvgIpc) is 3.03. The molecule has 0 spiro atoms. The van der Waals surface area contributed by atoms with E-state index in [0.717, 1.165) is 18.9 Å². The minimum atomic E-state index is -1.86. The van der Waals surface area contributed by atoms with E-state index in [9.17, 15) is 9.18 Å². The van der Waals surface area contributed by atoms with E-state index in [-0.39, 0.29) is 11.9 Å². The van der Waals surface area contributed by atoms with Gasteiger partial charge in [0.05, 0.1) is 13.2 Å². The van der Waals surface area contributed by atoms with Gasteiger partial charge in [0.15, 0.2) is 11.6 Å². The Morgan fingerprint density at radius 3 is 2.79 bits per heavy atom. The third-order valence-corrected chi connectivity index (χ3v) is 4.28. The Hall–Kier alpha value is -0.950. The molecule has 1 aliphatic heterocycles. The minimum Gasteiger partial charge on any atom is -0.494 e. The molecule has 1 aliphatic rings. The van der Waals surface area contributed by atoms with Crippen molar-refractivity contribution < 1.29 is 18.7 Å². The van der Waals surface area contributed by atoms with E-state index in [1.165, 1.54) is 19.2 Å². The average molecular weight is 400 g/mol. The molecule has 0 unspecified atom stereocenters. The van der Waals surface area contributed by atoms with Crippen LogP contribution in [0.1, 0.15) is 24.4 Å². The molecule has 134 valence electrons. The first-order valence-electron chi connectivity index (χ1n) is 7.37. The SMILES string of the molecule is COc1ccc([C@H](NC(=O)NC[C@H]2CCCO2)C(Cl)(Cl)Cl)cc1F. The Morgan fingerprint density at radius 2 is 2.25 bits per heavy atom. The number of hydrogen-bond donors (Lipinski definition) is 2. The van der Waals surface area contributed by atoms with Crippen molar-refractivity contribution in [3.8, 4) is 5.75 Å². The standard InChI is InChI=1S/C15H18Cl3FN2O3/c1-23-12-5-4-9(7-11(12)19)13(15(16,17)18)21-14(22)20-8-10-3-2-6-24-10/h4-5,7,10,13H,2-3,6,8H2,1H3,(H2,20,21,22)/t10-,13+/m1/s1. The monoisotopic (exact) mass is 398 g/mol. The fraction of sp³-hybridized carbons (Fsp3) is 0.533. The van der Waals surface area contributed by atoms with Gasteiger partial charge in [-0.3, -0.25) is 0 Å². The van der Waals surface area contributed by atoms with Crippen LogP contribution in [0.25, 0.3) is 0 Å². The number of halogens is 4. The predicted octanol–water partition coefficient (Wildman–Crippen LogP) is 3.72. The summed E-state index contributed by atoms with van der Waals surface area (Å²) < 4.78 is 22.3. The Morgan fingerprint density at radius 1 is 1.50 bits per heavy atom. The molecule has 2 N–H and O–H groups in total. The van der Waals surface area contributed by atoms with Crippen LogP contribution in [0.15, 0.2) is 18.2 Å². The molecule has 2 rings (SSSR count). The lowest BCUT2D eigenvalue weighted by atomic mass is 10.1. The largest absolute Gasteiger partial charge is 0.494 e. The van der Waals surface area contributed by atoms with Crippen LogP contribution in [0, 0.1) is 5.82 Å². The number of nitrogens with one attached hydrogen (secondary N) is 2. The van der Waals surface area contributed by atoms with Gasteiger partial charge in [0, 0.05) is 13.2 Å². The molecule has 9 heteroatoms. The molecule has 1 saturated heterocycles. The summed E-state index contributed by atoms with van der Waals surface area (Å²) in [6, 6.07) is 2.52. The smallest absolute Gasteiger partial charge is 0.315 e. The van der Waals surface area contributed by atoms with E-state index in [1.54, 1.807) is 0 Å². The molecule has 0 aromatic heterocycles. The number of urea groups is 1. The van der Waals surface area contributed by atoms with Crippen LogP contribution in [0.4, 0.5) is 9.18 Å². The number of carbonyl (C=O) groups excluding carboxylic acids is 1. The van der Waals surface area contributed by atoms with Crippen molar-refractivity contribution in [2.75, 3.05) is 20.3 Å². The molecule has 0 saturated carbocycles. The molecule has 0 radical (unpaired) electrons. The number of benzene rings is 1. The predicted molar refractivity (Wildman–Crippen MR) is 91.5 cm³/mol. The molecule has 0 aliphatic carbocycles. The molecular weight excluding hydrogens is 382 g/mol. The summed E-state index contributed by atoms with van der Waals surface area (Å²) in [7, 11) is 1.35. The number of hydrogen-bond acceptors (Lipinski definition) is 3. The zero-order chi connectivity index (χ0) is 17.7. The van der Waals surface area contributed by atoms with Gasteiger partial charge in [-0.05, 0) is 30.5 Å². The first-order chi connectivity index (χ1) is 11.3. The molecule has 5 nitrogen and oxygen atoms in total. The maximum absolute atomic E-state index is 13.9. The summed E-state index contributed by atoms with van der Waals surface area (Å²) >= 11 is 17.8. The highest BCUT2D eigenvalue weighted by molar-refractivity contribution is 6.68. The zero-order valence-corrected chi connectivity index (χ0v) is 15.2. The fourth-order valence-electron chi connectivity index (χ4n) is 2.41. The maximum atomic E-state index is 13.9. The third kappa shape index (κ3) is 5.28. The second-order valence-corrected chi connectivity index (χ2v) is 7.73. The van der Waals surface area contributed by atoms with Crippen molar-refractivity contribution in [2.24, 2.45) is 0 Å². The van der Waals surface area contributed by atoms with Crippen LogP contribution < -0.4 is 15.4 Å². The van der Waals surface area contributed by atoms with Crippen molar-refractivity contribution in [2.45, 2.75) is 28.8 Å². The van der Waals surface area contributed by atoms with Gasteiger partial charge in [-0.15, -0.1) is 0 Å². The molecule has 2 amide bonds. The third-order valence-electron chi connectivity index (χ3n) is 3.63.